The molecule has 4 rings (SSSR count). The fourth-order valence-electron chi connectivity index (χ4n) is 4.23. The minimum atomic E-state index is -1.03. The summed E-state index contributed by atoms with van der Waals surface area (Å²) in [7, 11) is 0. The van der Waals surface area contributed by atoms with E-state index in [0.29, 0.717) is 11.1 Å². The van der Waals surface area contributed by atoms with Crippen LogP contribution < -0.4 is 5.32 Å². The number of piperidine rings is 1. The fourth-order valence-corrected chi connectivity index (χ4v) is 4.23. The number of hydrogen-bond donors (Lipinski definition) is 1. The lowest BCUT2D eigenvalue weighted by Crippen LogP contribution is -2.49. The van der Waals surface area contributed by atoms with Gasteiger partial charge in [-0.25, -0.2) is 0 Å². The van der Waals surface area contributed by atoms with E-state index in [1.165, 1.54) is 0 Å². The van der Waals surface area contributed by atoms with Crippen LogP contribution in [0.1, 0.15) is 39.1 Å². The summed E-state index contributed by atoms with van der Waals surface area (Å²) in [6.45, 7) is 1.71. The molecule has 1 N–H and O–H groups in total. The molecule has 4 heteroatoms. The highest BCUT2D eigenvalue weighted by Crippen LogP contribution is 2.47. The molecule has 0 atom stereocenters. The van der Waals surface area contributed by atoms with E-state index in [9.17, 15) is 9.59 Å². The van der Waals surface area contributed by atoms with Crippen LogP contribution in [0, 0.1) is 5.92 Å². The second kappa shape index (κ2) is 6.50. The third-order valence-electron chi connectivity index (χ3n) is 5.31. The van der Waals surface area contributed by atoms with Crippen molar-refractivity contribution in [2.45, 2.75) is 18.3 Å². The number of hydrogen-bond acceptors (Lipinski definition) is 3. The van der Waals surface area contributed by atoms with Crippen LogP contribution in [0.4, 0.5) is 0 Å². The number of carbonyl (C=O) groups excluding carboxylic acids is 2. The molecule has 3 nitrogen and oxygen atoms in total. The maximum atomic E-state index is 13.4. The van der Waals surface area contributed by atoms with Gasteiger partial charge in [0.2, 0.25) is 0 Å². The molecule has 2 aliphatic rings. The zero-order valence-corrected chi connectivity index (χ0v) is 14.1. The summed E-state index contributed by atoms with van der Waals surface area (Å²) in [5.74, 6) is 0.0194. The first-order chi connectivity index (χ1) is 11.3. The van der Waals surface area contributed by atoms with E-state index in [2.05, 4.69) is 5.32 Å². The van der Waals surface area contributed by atoms with Crippen molar-refractivity contribution in [3.05, 3.63) is 71.3 Å². The molecule has 0 aromatic heterocycles. The van der Waals surface area contributed by atoms with Gasteiger partial charge in [-0.05, 0) is 37.4 Å². The Morgan fingerprint density at radius 1 is 0.792 bits per heavy atom. The minimum Gasteiger partial charge on any atom is -0.317 e. The van der Waals surface area contributed by atoms with E-state index in [1.54, 1.807) is 12.1 Å². The largest absolute Gasteiger partial charge is 0.317 e. The lowest BCUT2D eigenvalue weighted by atomic mass is 9.64. The summed E-state index contributed by atoms with van der Waals surface area (Å²) in [6.07, 6.45) is 1.70. The van der Waals surface area contributed by atoms with Crippen molar-refractivity contribution in [1.29, 1.82) is 0 Å². The Kier molecular flexibility index (Phi) is 4.57. The summed E-state index contributed by atoms with van der Waals surface area (Å²) in [5.41, 5.74) is 0.977. The molecular formula is C20H20ClNO2. The van der Waals surface area contributed by atoms with Gasteiger partial charge in [-0.15, -0.1) is 12.4 Å². The molecule has 0 amide bonds. The topological polar surface area (TPSA) is 46.2 Å². The molecule has 1 aliphatic carbocycles. The average molecular weight is 342 g/mol. The highest BCUT2D eigenvalue weighted by atomic mass is 35.5. The molecule has 124 valence electrons. The summed E-state index contributed by atoms with van der Waals surface area (Å²) >= 11 is 0. The van der Waals surface area contributed by atoms with E-state index >= 15 is 0 Å². The van der Waals surface area contributed by atoms with E-state index in [4.69, 9.17) is 0 Å². The van der Waals surface area contributed by atoms with E-state index in [1.807, 2.05) is 42.5 Å². The van der Waals surface area contributed by atoms with Crippen LogP contribution in [0.25, 0.3) is 0 Å². The van der Waals surface area contributed by atoms with E-state index < -0.39 is 5.41 Å². The molecular weight excluding hydrogens is 322 g/mol. The molecule has 1 saturated heterocycles. The molecule has 2 aromatic carbocycles. The number of rotatable bonds is 2. The number of carbonyl (C=O) groups is 2. The molecule has 0 unspecified atom stereocenters. The predicted molar refractivity (Wildman–Crippen MR) is 96.1 cm³/mol. The SMILES string of the molecule is Cl.O=C1c2ccccc2C(=O)C1(c1ccccc1)C1CCNCC1. The first-order valence-electron chi connectivity index (χ1n) is 8.21. The third-order valence-corrected chi connectivity index (χ3v) is 5.31. The number of fused-ring (bicyclic) bond motifs is 1. The highest BCUT2D eigenvalue weighted by molar-refractivity contribution is 6.33. The quantitative estimate of drug-likeness (QED) is 0.851. The predicted octanol–water partition coefficient (Wildman–Crippen LogP) is 3.43. The van der Waals surface area contributed by atoms with E-state index in [-0.39, 0.29) is 29.9 Å². The smallest absolute Gasteiger partial charge is 0.182 e. The van der Waals surface area contributed by atoms with Gasteiger partial charge in [0.15, 0.2) is 11.6 Å². The van der Waals surface area contributed by atoms with Gasteiger partial charge in [-0.3, -0.25) is 9.59 Å². The highest BCUT2D eigenvalue weighted by Gasteiger charge is 2.58. The maximum absolute atomic E-state index is 13.4. The minimum absolute atomic E-state index is 0. The summed E-state index contributed by atoms with van der Waals surface area (Å²) in [5, 5.41) is 3.34. The summed E-state index contributed by atoms with van der Waals surface area (Å²) < 4.78 is 0. The van der Waals surface area contributed by atoms with Crippen molar-refractivity contribution >= 4 is 24.0 Å². The Morgan fingerprint density at radius 3 is 1.83 bits per heavy atom. The average Bonchev–Trinajstić information content (AvgIpc) is 2.86. The van der Waals surface area contributed by atoms with Crippen LogP contribution in [-0.2, 0) is 5.41 Å². The van der Waals surface area contributed by atoms with Gasteiger partial charge in [0, 0.05) is 11.1 Å². The number of Topliss-reactive ketones (excluding diaryl/α,β-unsaturated/α-hetero) is 2. The van der Waals surface area contributed by atoms with Gasteiger partial charge in [-0.2, -0.15) is 0 Å². The lowest BCUT2D eigenvalue weighted by Gasteiger charge is -2.37. The third kappa shape index (κ3) is 2.23. The molecule has 1 fully saturated rings. The molecule has 0 radical (unpaired) electrons. The van der Waals surface area contributed by atoms with Crippen molar-refractivity contribution in [2.24, 2.45) is 5.92 Å². The number of benzene rings is 2. The van der Waals surface area contributed by atoms with E-state index in [0.717, 1.165) is 31.5 Å². The Bertz CT molecular complexity index is 731. The van der Waals surface area contributed by atoms with Crippen molar-refractivity contribution in [2.75, 3.05) is 13.1 Å². The van der Waals surface area contributed by atoms with Gasteiger partial charge >= 0.3 is 0 Å². The normalized spacial score (nSPS) is 19.7. The second-order valence-corrected chi connectivity index (χ2v) is 6.40. The van der Waals surface area contributed by atoms with Crippen molar-refractivity contribution in [3.8, 4) is 0 Å². The van der Waals surface area contributed by atoms with Crippen LogP contribution in [-0.4, -0.2) is 24.7 Å². The Balaban J connectivity index is 0.00000169. The van der Waals surface area contributed by atoms with Crippen LogP contribution in [0.3, 0.4) is 0 Å². The summed E-state index contributed by atoms with van der Waals surface area (Å²) in [4.78, 5) is 26.8. The molecule has 1 aliphatic heterocycles. The number of halogens is 1. The maximum Gasteiger partial charge on any atom is 0.182 e. The summed E-state index contributed by atoms with van der Waals surface area (Å²) in [6, 6.07) is 16.9. The van der Waals surface area contributed by atoms with Crippen molar-refractivity contribution in [3.63, 3.8) is 0 Å². The molecule has 0 spiro atoms. The molecule has 0 saturated carbocycles. The van der Waals surface area contributed by atoms with Crippen LogP contribution in [0.5, 0.6) is 0 Å². The van der Waals surface area contributed by atoms with Gasteiger partial charge < -0.3 is 5.32 Å². The van der Waals surface area contributed by atoms with Crippen LogP contribution in [0.15, 0.2) is 54.6 Å². The Morgan fingerprint density at radius 2 is 1.29 bits per heavy atom. The van der Waals surface area contributed by atoms with Gasteiger partial charge in [-0.1, -0.05) is 54.6 Å². The van der Waals surface area contributed by atoms with Gasteiger partial charge in [0.1, 0.15) is 5.41 Å². The zero-order chi connectivity index (χ0) is 15.9. The monoisotopic (exact) mass is 341 g/mol. The second-order valence-electron chi connectivity index (χ2n) is 6.40. The van der Waals surface area contributed by atoms with Crippen molar-refractivity contribution < 1.29 is 9.59 Å². The molecule has 2 aromatic rings. The fraction of sp³-hybridized carbons (Fsp3) is 0.300. The molecule has 24 heavy (non-hydrogen) atoms. The lowest BCUT2D eigenvalue weighted by molar-refractivity contribution is 0.0693. The van der Waals surface area contributed by atoms with Crippen molar-refractivity contribution in [1.82, 2.24) is 5.32 Å². The van der Waals surface area contributed by atoms with Crippen LogP contribution in [0.2, 0.25) is 0 Å². The Labute approximate surface area is 147 Å². The standard InChI is InChI=1S/C20H19NO2.ClH/c22-18-16-8-4-5-9-17(16)19(23)20(18,14-6-2-1-3-7-14)15-10-12-21-13-11-15;/h1-9,15,21H,10-13H2;1H. The van der Waals surface area contributed by atoms with Crippen LogP contribution >= 0.6 is 12.4 Å². The number of nitrogens with one attached hydrogen (secondary N) is 1. The van der Waals surface area contributed by atoms with Gasteiger partial charge in [0.05, 0.1) is 0 Å². The number of ketones is 2. The molecule has 0 bridgehead atoms. The molecule has 1 heterocycles. The Hall–Kier alpha value is -1.97. The first kappa shape index (κ1) is 16.9. The van der Waals surface area contributed by atoms with Gasteiger partial charge in [0.25, 0.3) is 0 Å². The first-order valence-corrected chi connectivity index (χ1v) is 8.21. The zero-order valence-electron chi connectivity index (χ0n) is 13.3.